The first kappa shape index (κ1) is 20.9. The van der Waals surface area contributed by atoms with E-state index in [1.54, 1.807) is 0 Å². The summed E-state index contributed by atoms with van der Waals surface area (Å²) in [5.41, 5.74) is -0.983. The zero-order valence-corrected chi connectivity index (χ0v) is 15.8. The number of nitro benzene ring substituents is 1. The molecule has 0 saturated carbocycles. The second-order valence-corrected chi connectivity index (χ2v) is 7.67. The number of amides is 1. The summed E-state index contributed by atoms with van der Waals surface area (Å²) in [4.78, 5) is 21.9. The second-order valence-electron chi connectivity index (χ2n) is 5.99. The van der Waals surface area contributed by atoms with E-state index in [1.165, 1.54) is 30.3 Å². The number of sulfonamides is 1. The van der Waals surface area contributed by atoms with Crippen molar-refractivity contribution in [3.63, 3.8) is 0 Å². The fourth-order valence-corrected chi connectivity index (χ4v) is 3.53. The summed E-state index contributed by atoms with van der Waals surface area (Å²) in [6.45, 7) is 0. The quantitative estimate of drug-likeness (QED) is 0.451. The highest BCUT2D eigenvalue weighted by atomic mass is 32.2. The normalized spacial score (nSPS) is 11.0. The number of halogens is 2. The van der Waals surface area contributed by atoms with Gasteiger partial charge in [0.1, 0.15) is 5.82 Å². The molecular formula is C19H13F2N3O5S. The van der Waals surface area contributed by atoms with Gasteiger partial charge in [-0.1, -0.05) is 12.1 Å². The average molecular weight is 433 g/mol. The average Bonchev–Trinajstić information content (AvgIpc) is 2.71. The Kier molecular flexibility index (Phi) is 5.74. The third-order valence-corrected chi connectivity index (χ3v) is 5.33. The van der Waals surface area contributed by atoms with Crippen molar-refractivity contribution in [1.29, 1.82) is 0 Å². The molecular weight excluding hydrogens is 420 g/mol. The Morgan fingerprint density at radius 1 is 0.933 bits per heavy atom. The van der Waals surface area contributed by atoms with Crippen molar-refractivity contribution in [2.45, 2.75) is 4.90 Å². The number of anilines is 2. The Labute approximate surface area is 169 Å². The highest BCUT2D eigenvalue weighted by molar-refractivity contribution is 7.92. The van der Waals surface area contributed by atoms with E-state index >= 15 is 0 Å². The summed E-state index contributed by atoms with van der Waals surface area (Å²) in [5.74, 6) is -2.48. The van der Waals surface area contributed by atoms with Gasteiger partial charge >= 0.3 is 5.69 Å². The smallest absolute Gasteiger partial charge is 0.306 e. The molecule has 0 bridgehead atoms. The minimum Gasteiger partial charge on any atom is -0.322 e. The SMILES string of the molecule is O=C(Nc1ccc(F)c([N+](=O)[O-])c1)c1ccc(S(=O)(=O)Nc2ccccc2F)cc1. The van der Waals surface area contributed by atoms with E-state index < -0.39 is 38.2 Å². The van der Waals surface area contributed by atoms with Crippen molar-refractivity contribution in [1.82, 2.24) is 0 Å². The molecule has 0 atom stereocenters. The van der Waals surface area contributed by atoms with Crippen LogP contribution >= 0.6 is 0 Å². The van der Waals surface area contributed by atoms with Crippen LogP contribution in [0.3, 0.4) is 0 Å². The number of carbonyl (C=O) groups excluding carboxylic acids is 1. The van der Waals surface area contributed by atoms with E-state index in [0.717, 1.165) is 36.4 Å². The molecule has 11 heteroatoms. The molecule has 3 rings (SSSR count). The summed E-state index contributed by atoms with van der Waals surface area (Å²) in [7, 11) is -4.10. The molecule has 0 radical (unpaired) electrons. The Morgan fingerprint density at radius 2 is 1.60 bits per heavy atom. The van der Waals surface area contributed by atoms with Gasteiger partial charge in [-0.15, -0.1) is 0 Å². The number of hydrogen-bond donors (Lipinski definition) is 2. The molecule has 0 spiro atoms. The molecule has 0 aliphatic heterocycles. The first-order valence-corrected chi connectivity index (χ1v) is 9.78. The first-order valence-electron chi connectivity index (χ1n) is 8.30. The predicted octanol–water partition coefficient (Wildman–Crippen LogP) is 3.93. The molecule has 8 nitrogen and oxygen atoms in total. The van der Waals surface area contributed by atoms with E-state index in [1.807, 2.05) is 0 Å². The van der Waals surface area contributed by atoms with Crippen LogP contribution in [0.2, 0.25) is 0 Å². The fraction of sp³-hybridized carbons (Fsp3) is 0. The Hall–Kier alpha value is -3.86. The lowest BCUT2D eigenvalue weighted by Gasteiger charge is -2.10. The van der Waals surface area contributed by atoms with E-state index in [9.17, 15) is 32.1 Å². The molecule has 0 aromatic heterocycles. The zero-order valence-electron chi connectivity index (χ0n) is 15.0. The predicted molar refractivity (Wildman–Crippen MR) is 105 cm³/mol. The number of hydrogen-bond acceptors (Lipinski definition) is 5. The van der Waals surface area contributed by atoms with Gasteiger partial charge in [-0.3, -0.25) is 19.6 Å². The molecule has 0 saturated heterocycles. The molecule has 0 aliphatic carbocycles. The maximum Gasteiger partial charge on any atom is 0.306 e. The van der Waals surface area contributed by atoms with Crippen LogP contribution in [0.4, 0.5) is 25.8 Å². The Balaban J connectivity index is 1.77. The maximum absolute atomic E-state index is 13.7. The van der Waals surface area contributed by atoms with Crippen molar-refractivity contribution in [2.24, 2.45) is 0 Å². The lowest BCUT2D eigenvalue weighted by Crippen LogP contribution is -2.15. The van der Waals surface area contributed by atoms with Gasteiger partial charge in [-0.25, -0.2) is 12.8 Å². The van der Waals surface area contributed by atoms with Crippen LogP contribution in [0, 0.1) is 21.7 Å². The molecule has 0 unspecified atom stereocenters. The number of para-hydroxylation sites is 1. The largest absolute Gasteiger partial charge is 0.322 e. The van der Waals surface area contributed by atoms with Gasteiger partial charge in [0.2, 0.25) is 5.82 Å². The van der Waals surface area contributed by atoms with Gasteiger partial charge in [0.15, 0.2) is 0 Å². The van der Waals surface area contributed by atoms with E-state index in [-0.39, 0.29) is 21.8 Å². The maximum atomic E-state index is 13.7. The monoisotopic (exact) mass is 433 g/mol. The molecule has 3 aromatic rings. The van der Waals surface area contributed by atoms with E-state index in [2.05, 4.69) is 10.0 Å². The van der Waals surface area contributed by atoms with Gasteiger partial charge in [0.25, 0.3) is 15.9 Å². The summed E-state index contributed by atoms with van der Waals surface area (Å²) in [6, 6.07) is 12.8. The van der Waals surface area contributed by atoms with E-state index in [4.69, 9.17) is 0 Å². The third kappa shape index (κ3) is 4.58. The van der Waals surface area contributed by atoms with Crippen molar-refractivity contribution < 1.29 is 26.9 Å². The van der Waals surface area contributed by atoms with Crippen molar-refractivity contribution >= 4 is 33.0 Å². The first-order chi connectivity index (χ1) is 14.2. The molecule has 154 valence electrons. The van der Waals surface area contributed by atoms with Gasteiger partial charge in [-0.2, -0.15) is 4.39 Å². The van der Waals surface area contributed by atoms with Gasteiger partial charge in [0, 0.05) is 17.3 Å². The summed E-state index contributed by atoms with van der Waals surface area (Å²) < 4.78 is 53.9. The summed E-state index contributed by atoms with van der Waals surface area (Å²) >= 11 is 0. The molecule has 30 heavy (non-hydrogen) atoms. The zero-order chi connectivity index (χ0) is 21.9. The van der Waals surface area contributed by atoms with Crippen LogP contribution in [-0.2, 0) is 10.0 Å². The molecule has 0 aliphatic rings. The molecule has 0 heterocycles. The van der Waals surface area contributed by atoms with Crippen LogP contribution in [-0.4, -0.2) is 19.2 Å². The third-order valence-electron chi connectivity index (χ3n) is 3.95. The number of rotatable bonds is 6. The number of benzene rings is 3. The van der Waals surface area contributed by atoms with Crippen molar-refractivity contribution in [2.75, 3.05) is 10.0 Å². The number of nitrogens with one attached hydrogen (secondary N) is 2. The van der Waals surface area contributed by atoms with Gasteiger partial charge in [0.05, 0.1) is 15.5 Å². The molecule has 0 fully saturated rings. The number of carbonyl (C=O) groups is 1. The fourth-order valence-electron chi connectivity index (χ4n) is 2.47. The minimum atomic E-state index is -4.10. The van der Waals surface area contributed by atoms with Crippen LogP contribution in [0.1, 0.15) is 10.4 Å². The number of nitro groups is 1. The topological polar surface area (TPSA) is 118 Å². The molecule has 2 N–H and O–H groups in total. The standard InChI is InChI=1S/C19H13F2N3O5S/c20-15-3-1-2-4-17(15)23-30(28,29)14-8-5-12(6-9-14)19(25)22-13-7-10-16(21)18(11-13)24(26)27/h1-11,23H,(H,22,25). The number of nitrogens with zero attached hydrogens (tertiary/aromatic N) is 1. The molecule has 1 amide bonds. The second kappa shape index (κ2) is 8.25. The lowest BCUT2D eigenvalue weighted by molar-refractivity contribution is -0.387. The summed E-state index contributed by atoms with van der Waals surface area (Å²) in [6.07, 6.45) is 0. The van der Waals surface area contributed by atoms with Gasteiger partial charge in [-0.05, 0) is 48.5 Å². The minimum absolute atomic E-state index is 0.00832. The summed E-state index contributed by atoms with van der Waals surface area (Å²) in [5, 5.41) is 13.1. The lowest BCUT2D eigenvalue weighted by atomic mass is 10.2. The van der Waals surface area contributed by atoms with E-state index in [0.29, 0.717) is 0 Å². The van der Waals surface area contributed by atoms with Crippen molar-refractivity contribution in [3.05, 3.63) is 94.0 Å². The highest BCUT2D eigenvalue weighted by Gasteiger charge is 2.18. The van der Waals surface area contributed by atoms with Crippen LogP contribution in [0.25, 0.3) is 0 Å². The highest BCUT2D eigenvalue weighted by Crippen LogP contribution is 2.23. The van der Waals surface area contributed by atoms with Crippen molar-refractivity contribution in [3.8, 4) is 0 Å². The van der Waals surface area contributed by atoms with Crippen LogP contribution < -0.4 is 10.0 Å². The van der Waals surface area contributed by atoms with Crippen LogP contribution in [0.15, 0.2) is 71.6 Å². The Morgan fingerprint density at radius 3 is 2.23 bits per heavy atom. The van der Waals surface area contributed by atoms with Crippen LogP contribution in [0.5, 0.6) is 0 Å². The van der Waals surface area contributed by atoms with Gasteiger partial charge < -0.3 is 5.32 Å². The Bertz CT molecular complexity index is 1230. The molecule has 3 aromatic carbocycles.